The molecule has 1 aliphatic rings. The predicted octanol–water partition coefficient (Wildman–Crippen LogP) is 3.16. The maximum absolute atomic E-state index is 5.77. The van der Waals surface area contributed by atoms with Gasteiger partial charge in [-0.15, -0.1) is 0 Å². The summed E-state index contributed by atoms with van der Waals surface area (Å²) in [6.45, 7) is 0.896. The van der Waals surface area contributed by atoms with Crippen LogP contribution in [-0.2, 0) is 17.6 Å². The second kappa shape index (κ2) is 7.58. The van der Waals surface area contributed by atoms with Crippen LogP contribution in [0.2, 0.25) is 0 Å². The Morgan fingerprint density at radius 2 is 2.32 bits per heavy atom. The van der Waals surface area contributed by atoms with E-state index in [1.807, 2.05) is 28.7 Å². The molecule has 0 amide bonds. The van der Waals surface area contributed by atoms with Crippen molar-refractivity contribution >= 4 is 22.7 Å². The van der Waals surface area contributed by atoms with Crippen molar-refractivity contribution in [1.29, 1.82) is 0 Å². The third-order valence-corrected chi connectivity index (χ3v) is 5.24. The molecule has 4 rings (SSSR count). The molecule has 0 aliphatic carbocycles. The second-order valence-electron chi connectivity index (χ2n) is 6.41. The Hall–Kier alpha value is -1.86. The van der Waals surface area contributed by atoms with Gasteiger partial charge in [0.2, 0.25) is 0 Å². The lowest BCUT2D eigenvalue weighted by molar-refractivity contribution is 0.104. The third kappa shape index (κ3) is 3.72. The van der Waals surface area contributed by atoms with E-state index in [1.54, 1.807) is 0 Å². The summed E-state index contributed by atoms with van der Waals surface area (Å²) in [5.74, 6) is 2.98. The van der Waals surface area contributed by atoms with Crippen LogP contribution in [0.15, 0.2) is 24.4 Å². The van der Waals surface area contributed by atoms with E-state index in [0.29, 0.717) is 6.10 Å². The highest BCUT2D eigenvalue weighted by molar-refractivity contribution is 7.98. The predicted molar refractivity (Wildman–Crippen MR) is 100 cm³/mol. The molecule has 1 saturated heterocycles. The molecular formula is C18H23N5OS. The molecule has 2 aromatic heterocycles. The van der Waals surface area contributed by atoms with Crippen LogP contribution in [0.1, 0.15) is 30.9 Å². The summed E-state index contributed by atoms with van der Waals surface area (Å²) < 4.78 is 7.76. The minimum atomic E-state index is 0.371. The molecular weight excluding hydrogens is 334 g/mol. The molecule has 0 spiro atoms. The number of H-pyrrole nitrogens is 1. The molecule has 1 atom stereocenters. The Kier molecular flexibility index (Phi) is 5.03. The molecule has 0 bridgehead atoms. The quantitative estimate of drug-likeness (QED) is 0.703. The van der Waals surface area contributed by atoms with Crippen LogP contribution in [0.4, 0.5) is 0 Å². The molecule has 25 heavy (non-hydrogen) atoms. The third-order valence-electron chi connectivity index (χ3n) is 4.63. The molecule has 6 nitrogen and oxygen atoms in total. The van der Waals surface area contributed by atoms with Gasteiger partial charge in [-0.3, -0.25) is 5.10 Å². The number of ether oxygens (including phenoxy) is 1. The van der Waals surface area contributed by atoms with Gasteiger partial charge in [-0.05, 0) is 43.7 Å². The van der Waals surface area contributed by atoms with E-state index in [0.717, 1.165) is 66.3 Å². The first-order valence-corrected chi connectivity index (χ1v) is 10.2. The molecule has 132 valence electrons. The number of hydrogen-bond acceptors (Lipinski definition) is 5. The minimum absolute atomic E-state index is 0.371. The van der Waals surface area contributed by atoms with Gasteiger partial charge in [0, 0.05) is 30.6 Å². The van der Waals surface area contributed by atoms with Crippen LogP contribution >= 0.6 is 11.8 Å². The average Bonchev–Trinajstić information content (AvgIpc) is 3.37. The first-order chi connectivity index (χ1) is 12.3. The molecule has 3 heterocycles. The summed E-state index contributed by atoms with van der Waals surface area (Å²) in [6, 6.07) is 6.23. The lowest BCUT2D eigenvalue weighted by Crippen LogP contribution is -2.10. The Bertz CT molecular complexity index is 837. The van der Waals surface area contributed by atoms with Crippen molar-refractivity contribution in [2.45, 2.75) is 38.2 Å². The highest BCUT2D eigenvalue weighted by atomic mass is 32.2. The number of nitrogens with zero attached hydrogens (tertiary/aromatic N) is 4. The van der Waals surface area contributed by atoms with E-state index in [1.165, 1.54) is 6.42 Å². The SMILES string of the molecule is CSCCc1nc(CC[C@@H]2CCCO2)n(-c2ccc3[nH]ncc3c2)n1. The largest absolute Gasteiger partial charge is 0.378 e. The van der Waals surface area contributed by atoms with Crippen LogP contribution in [0, 0.1) is 0 Å². The van der Waals surface area contributed by atoms with Crippen molar-refractivity contribution < 1.29 is 4.74 Å². The molecule has 0 radical (unpaired) electrons. The summed E-state index contributed by atoms with van der Waals surface area (Å²) in [5, 5.41) is 13.0. The molecule has 1 N–H and O–H groups in total. The van der Waals surface area contributed by atoms with E-state index in [9.17, 15) is 0 Å². The van der Waals surface area contributed by atoms with E-state index in [4.69, 9.17) is 14.8 Å². The van der Waals surface area contributed by atoms with Gasteiger partial charge >= 0.3 is 0 Å². The summed E-state index contributed by atoms with van der Waals surface area (Å²) in [4.78, 5) is 4.81. The molecule has 1 aromatic carbocycles. The maximum atomic E-state index is 5.77. The number of fused-ring (bicyclic) bond motifs is 1. The maximum Gasteiger partial charge on any atom is 0.152 e. The number of benzene rings is 1. The molecule has 1 fully saturated rings. The molecule has 7 heteroatoms. The highest BCUT2D eigenvalue weighted by Gasteiger charge is 2.18. The fraction of sp³-hybridized carbons (Fsp3) is 0.500. The van der Waals surface area contributed by atoms with Gasteiger partial charge in [0.05, 0.1) is 23.5 Å². The van der Waals surface area contributed by atoms with Crippen LogP contribution in [0.5, 0.6) is 0 Å². The van der Waals surface area contributed by atoms with Gasteiger partial charge in [0.1, 0.15) is 5.82 Å². The van der Waals surface area contributed by atoms with Gasteiger partial charge in [-0.2, -0.15) is 22.0 Å². The van der Waals surface area contributed by atoms with E-state index in [2.05, 4.69) is 28.6 Å². The van der Waals surface area contributed by atoms with Gasteiger partial charge in [-0.1, -0.05) is 0 Å². The molecule has 1 aliphatic heterocycles. The molecule has 3 aromatic rings. The summed E-state index contributed by atoms with van der Waals surface area (Å²) >= 11 is 1.82. The van der Waals surface area contributed by atoms with Gasteiger partial charge < -0.3 is 4.74 Å². The number of nitrogens with one attached hydrogen (secondary N) is 1. The van der Waals surface area contributed by atoms with Crippen molar-refractivity contribution in [3.63, 3.8) is 0 Å². The van der Waals surface area contributed by atoms with Crippen LogP contribution in [-0.4, -0.2) is 49.7 Å². The van der Waals surface area contributed by atoms with Crippen molar-refractivity contribution in [2.24, 2.45) is 0 Å². The summed E-state index contributed by atoms with van der Waals surface area (Å²) in [5.41, 5.74) is 2.08. The Labute approximate surface area is 151 Å². The van der Waals surface area contributed by atoms with Gasteiger partial charge in [0.15, 0.2) is 5.82 Å². The van der Waals surface area contributed by atoms with E-state index in [-0.39, 0.29) is 0 Å². The average molecular weight is 357 g/mol. The van der Waals surface area contributed by atoms with E-state index >= 15 is 0 Å². The number of hydrogen-bond donors (Lipinski definition) is 1. The number of thioether (sulfide) groups is 1. The first-order valence-electron chi connectivity index (χ1n) is 8.82. The van der Waals surface area contributed by atoms with Crippen molar-refractivity contribution in [2.75, 3.05) is 18.6 Å². The fourth-order valence-corrected chi connectivity index (χ4v) is 3.67. The van der Waals surface area contributed by atoms with Gasteiger partial charge in [0.25, 0.3) is 0 Å². The number of aromatic nitrogens is 5. The zero-order valence-corrected chi connectivity index (χ0v) is 15.3. The van der Waals surface area contributed by atoms with Crippen LogP contribution < -0.4 is 0 Å². The lowest BCUT2D eigenvalue weighted by atomic mass is 10.1. The Morgan fingerprint density at radius 3 is 3.16 bits per heavy atom. The zero-order valence-electron chi connectivity index (χ0n) is 14.4. The number of aromatic amines is 1. The highest BCUT2D eigenvalue weighted by Crippen LogP contribution is 2.21. The van der Waals surface area contributed by atoms with Crippen LogP contribution in [0.3, 0.4) is 0 Å². The van der Waals surface area contributed by atoms with Crippen molar-refractivity contribution in [1.82, 2.24) is 25.0 Å². The topological polar surface area (TPSA) is 68.6 Å². The lowest BCUT2D eigenvalue weighted by Gasteiger charge is -2.10. The standard InChI is InChI=1S/C18H23N5OS/c1-25-10-8-17-20-18(7-5-15-3-2-9-24-15)23(22-17)14-4-6-16-13(11-14)12-19-21-16/h4,6,11-12,15H,2-3,5,7-10H2,1H3,(H,19,21)/t15-/m0/s1. The monoisotopic (exact) mass is 357 g/mol. The van der Waals surface area contributed by atoms with Gasteiger partial charge in [-0.25, -0.2) is 9.67 Å². The number of aryl methyl sites for hydroxylation is 2. The first kappa shape index (κ1) is 16.6. The summed E-state index contributed by atoms with van der Waals surface area (Å²) in [6.07, 6.45) is 9.46. The van der Waals surface area contributed by atoms with Crippen molar-refractivity contribution in [3.8, 4) is 5.69 Å². The summed E-state index contributed by atoms with van der Waals surface area (Å²) in [7, 11) is 0. The van der Waals surface area contributed by atoms with Crippen LogP contribution in [0.25, 0.3) is 16.6 Å². The van der Waals surface area contributed by atoms with E-state index < -0.39 is 0 Å². The molecule has 0 unspecified atom stereocenters. The smallest absolute Gasteiger partial charge is 0.152 e. The Morgan fingerprint density at radius 1 is 1.36 bits per heavy atom. The minimum Gasteiger partial charge on any atom is -0.378 e. The number of rotatable bonds is 7. The fourth-order valence-electron chi connectivity index (χ4n) is 3.28. The normalized spacial score (nSPS) is 17.6. The molecule has 0 saturated carbocycles. The van der Waals surface area contributed by atoms with Crippen molar-refractivity contribution in [3.05, 3.63) is 36.0 Å². The Balaban J connectivity index is 1.61. The second-order valence-corrected chi connectivity index (χ2v) is 7.40. The zero-order chi connectivity index (χ0) is 17.1.